The molecular formula is C6H8N4O2. The molecule has 64 valence electrons. The van der Waals surface area contributed by atoms with Gasteiger partial charge >= 0.3 is 0 Å². The van der Waals surface area contributed by atoms with Crippen LogP contribution in [0.4, 0.5) is 0 Å². The van der Waals surface area contributed by atoms with Crippen LogP contribution >= 0.6 is 0 Å². The zero-order valence-electron chi connectivity index (χ0n) is 6.42. The number of hydrogen-bond donors (Lipinski definition) is 3. The van der Waals surface area contributed by atoms with Gasteiger partial charge in [0, 0.05) is 13.1 Å². The van der Waals surface area contributed by atoms with Crippen LogP contribution in [-0.4, -0.2) is 22.0 Å². The maximum atomic E-state index is 11.0. The standard InChI is InChI=1S/C6H8N4O2/c1-4(11)8-10-6(12)5-2-3-7-9-5/h2-3H,1H3,(H,7,9)(H,8,11)(H,10,12). The SMILES string of the molecule is CC(=O)NNC(=O)c1ccn[nH]1. The number of aromatic amines is 1. The van der Waals surface area contributed by atoms with E-state index in [1.807, 2.05) is 0 Å². The molecule has 1 aromatic rings. The third-order valence-corrected chi connectivity index (χ3v) is 1.10. The largest absolute Gasteiger partial charge is 0.287 e. The van der Waals surface area contributed by atoms with Crippen LogP contribution in [0.5, 0.6) is 0 Å². The van der Waals surface area contributed by atoms with E-state index >= 15 is 0 Å². The van der Waals surface area contributed by atoms with Gasteiger partial charge in [-0.15, -0.1) is 0 Å². The summed E-state index contributed by atoms with van der Waals surface area (Å²) in [7, 11) is 0. The molecule has 0 aliphatic rings. The quantitative estimate of drug-likeness (QED) is 0.479. The summed E-state index contributed by atoms with van der Waals surface area (Å²) in [5, 5.41) is 6.02. The Morgan fingerprint density at radius 1 is 1.50 bits per heavy atom. The highest BCUT2D eigenvalue weighted by Crippen LogP contribution is 1.88. The number of aromatic nitrogens is 2. The van der Waals surface area contributed by atoms with Crippen LogP contribution in [0.1, 0.15) is 17.4 Å². The number of rotatable bonds is 1. The van der Waals surface area contributed by atoms with Crippen LogP contribution < -0.4 is 10.9 Å². The van der Waals surface area contributed by atoms with Gasteiger partial charge in [0.15, 0.2) is 0 Å². The summed E-state index contributed by atoms with van der Waals surface area (Å²) in [6, 6.07) is 1.50. The predicted molar refractivity (Wildman–Crippen MR) is 39.9 cm³/mol. The van der Waals surface area contributed by atoms with Gasteiger partial charge in [-0.25, -0.2) is 0 Å². The molecule has 1 heterocycles. The van der Waals surface area contributed by atoms with Crippen molar-refractivity contribution < 1.29 is 9.59 Å². The van der Waals surface area contributed by atoms with E-state index in [0.29, 0.717) is 5.69 Å². The van der Waals surface area contributed by atoms with Crippen molar-refractivity contribution in [3.05, 3.63) is 18.0 Å². The Labute approximate surface area is 68.3 Å². The minimum absolute atomic E-state index is 0.295. The first kappa shape index (κ1) is 8.25. The second-order valence-electron chi connectivity index (χ2n) is 2.11. The van der Waals surface area contributed by atoms with Crippen LogP contribution in [0.2, 0.25) is 0 Å². The molecule has 0 fully saturated rings. The minimum Gasteiger partial charge on any atom is -0.274 e. The van der Waals surface area contributed by atoms with Crippen LogP contribution in [0.15, 0.2) is 12.3 Å². The van der Waals surface area contributed by atoms with Crippen molar-refractivity contribution in [3.63, 3.8) is 0 Å². The normalized spacial score (nSPS) is 9.08. The molecule has 3 N–H and O–H groups in total. The maximum absolute atomic E-state index is 11.0. The molecule has 0 atom stereocenters. The number of amides is 2. The van der Waals surface area contributed by atoms with Gasteiger partial charge in [0.25, 0.3) is 5.91 Å². The fourth-order valence-corrected chi connectivity index (χ4v) is 0.594. The lowest BCUT2D eigenvalue weighted by Gasteiger charge is -2.01. The molecule has 0 aliphatic heterocycles. The van der Waals surface area contributed by atoms with Crippen molar-refractivity contribution in [2.24, 2.45) is 0 Å². The van der Waals surface area contributed by atoms with Crippen LogP contribution in [0.3, 0.4) is 0 Å². The third-order valence-electron chi connectivity index (χ3n) is 1.10. The van der Waals surface area contributed by atoms with Crippen molar-refractivity contribution >= 4 is 11.8 Å². The summed E-state index contributed by atoms with van der Waals surface area (Å²) < 4.78 is 0. The van der Waals surface area contributed by atoms with Gasteiger partial charge in [-0.1, -0.05) is 0 Å². The first-order chi connectivity index (χ1) is 5.70. The van der Waals surface area contributed by atoms with Gasteiger partial charge in [-0.05, 0) is 6.07 Å². The number of nitrogens with zero attached hydrogens (tertiary/aromatic N) is 1. The third kappa shape index (κ3) is 2.08. The fraction of sp³-hybridized carbons (Fsp3) is 0.167. The average molecular weight is 168 g/mol. The second-order valence-corrected chi connectivity index (χ2v) is 2.11. The van der Waals surface area contributed by atoms with Crippen LogP contribution in [-0.2, 0) is 4.79 Å². The molecule has 0 spiro atoms. The molecule has 1 rings (SSSR count). The Balaban J connectivity index is 2.45. The van der Waals surface area contributed by atoms with Gasteiger partial charge in [-0.2, -0.15) is 5.10 Å². The van der Waals surface area contributed by atoms with E-state index in [4.69, 9.17) is 0 Å². The summed E-state index contributed by atoms with van der Waals surface area (Å²) in [6.45, 7) is 1.30. The monoisotopic (exact) mass is 168 g/mol. The number of nitrogens with one attached hydrogen (secondary N) is 3. The topological polar surface area (TPSA) is 86.9 Å². The van der Waals surface area contributed by atoms with Gasteiger partial charge in [-0.3, -0.25) is 25.5 Å². The van der Waals surface area contributed by atoms with Crippen molar-refractivity contribution in [1.29, 1.82) is 0 Å². The molecular weight excluding hydrogens is 160 g/mol. The number of H-pyrrole nitrogens is 1. The smallest absolute Gasteiger partial charge is 0.274 e. The Morgan fingerprint density at radius 2 is 2.25 bits per heavy atom. The summed E-state index contributed by atoms with van der Waals surface area (Å²) in [4.78, 5) is 21.4. The van der Waals surface area contributed by atoms with E-state index in [9.17, 15) is 9.59 Å². The van der Waals surface area contributed by atoms with Crippen molar-refractivity contribution in [2.75, 3.05) is 0 Å². The lowest BCUT2D eigenvalue weighted by molar-refractivity contribution is -0.119. The van der Waals surface area contributed by atoms with Gasteiger partial charge in [0.1, 0.15) is 5.69 Å². The lowest BCUT2D eigenvalue weighted by atomic mass is 10.4. The molecule has 0 aliphatic carbocycles. The zero-order valence-corrected chi connectivity index (χ0v) is 6.42. The van der Waals surface area contributed by atoms with E-state index in [1.54, 1.807) is 0 Å². The van der Waals surface area contributed by atoms with Gasteiger partial charge in [0.05, 0.1) is 0 Å². The highest BCUT2D eigenvalue weighted by molar-refractivity contribution is 5.93. The molecule has 2 amide bonds. The van der Waals surface area contributed by atoms with Crippen molar-refractivity contribution in [2.45, 2.75) is 6.92 Å². The fourth-order valence-electron chi connectivity index (χ4n) is 0.594. The molecule has 6 heteroatoms. The summed E-state index contributed by atoms with van der Waals surface area (Å²) in [5.74, 6) is -0.759. The van der Waals surface area contributed by atoms with Crippen LogP contribution in [0, 0.1) is 0 Å². The minimum atomic E-state index is -0.428. The summed E-state index contributed by atoms with van der Waals surface area (Å²) >= 11 is 0. The second kappa shape index (κ2) is 3.51. The van der Waals surface area contributed by atoms with Gasteiger partial charge < -0.3 is 0 Å². The Hall–Kier alpha value is -1.85. The Kier molecular flexibility index (Phi) is 2.42. The zero-order chi connectivity index (χ0) is 8.97. The first-order valence-corrected chi connectivity index (χ1v) is 3.26. The summed E-state index contributed by atoms with van der Waals surface area (Å²) in [6.07, 6.45) is 1.45. The Bertz CT molecular complexity index is 280. The number of carbonyl (C=O) groups excluding carboxylic acids is 2. The number of carbonyl (C=O) groups is 2. The molecule has 0 bridgehead atoms. The van der Waals surface area contributed by atoms with E-state index < -0.39 is 5.91 Å². The molecule has 6 nitrogen and oxygen atoms in total. The molecule has 0 unspecified atom stereocenters. The number of hydrazine groups is 1. The molecule has 1 aromatic heterocycles. The highest BCUT2D eigenvalue weighted by Gasteiger charge is 2.05. The molecule has 0 saturated heterocycles. The molecule has 0 radical (unpaired) electrons. The average Bonchev–Trinajstić information content (AvgIpc) is 2.51. The van der Waals surface area contributed by atoms with E-state index in [0.717, 1.165) is 0 Å². The Morgan fingerprint density at radius 3 is 2.75 bits per heavy atom. The predicted octanol–water partition coefficient (Wildman–Crippen LogP) is -0.809. The molecule has 0 saturated carbocycles. The molecule has 0 aromatic carbocycles. The summed E-state index contributed by atoms with van der Waals surface area (Å²) in [5.41, 5.74) is 4.62. The first-order valence-electron chi connectivity index (χ1n) is 3.26. The molecule has 12 heavy (non-hydrogen) atoms. The van der Waals surface area contributed by atoms with E-state index in [-0.39, 0.29) is 5.91 Å². The van der Waals surface area contributed by atoms with Crippen LogP contribution in [0.25, 0.3) is 0 Å². The number of hydrogen-bond acceptors (Lipinski definition) is 3. The maximum Gasteiger partial charge on any atom is 0.287 e. The van der Waals surface area contributed by atoms with E-state index in [1.165, 1.54) is 19.2 Å². The van der Waals surface area contributed by atoms with Gasteiger partial charge in [0.2, 0.25) is 5.91 Å². The van der Waals surface area contributed by atoms with Crippen molar-refractivity contribution in [3.8, 4) is 0 Å². The lowest BCUT2D eigenvalue weighted by Crippen LogP contribution is -2.40. The van der Waals surface area contributed by atoms with Crippen molar-refractivity contribution in [1.82, 2.24) is 21.0 Å². The highest BCUT2D eigenvalue weighted by atomic mass is 16.2. The van der Waals surface area contributed by atoms with E-state index in [2.05, 4.69) is 21.0 Å².